The maximum Gasteiger partial charge on any atom is 0.162 e. The summed E-state index contributed by atoms with van der Waals surface area (Å²) >= 11 is 6.04. The summed E-state index contributed by atoms with van der Waals surface area (Å²) in [5, 5.41) is 1.33. The highest BCUT2D eigenvalue weighted by molar-refractivity contribution is 6.29. The molecule has 3 aromatic heterocycles. The number of hydrogen-bond acceptors (Lipinski definition) is 6. The van der Waals surface area contributed by atoms with Crippen LogP contribution >= 0.6 is 11.6 Å². The number of anilines is 1. The Hall–Kier alpha value is -2.47. The third-order valence-electron chi connectivity index (χ3n) is 4.41. The Morgan fingerprint density at radius 2 is 1.96 bits per heavy atom. The highest BCUT2D eigenvalue weighted by Crippen LogP contribution is 2.34. The first-order valence-electron chi connectivity index (χ1n) is 8.33. The highest BCUT2D eigenvalue weighted by Gasteiger charge is 2.20. The minimum atomic E-state index is 0.421. The van der Waals surface area contributed by atoms with E-state index >= 15 is 0 Å². The summed E-state index contributed by atoms with van der Waals surface area (Å²) in [4.78, 5) is 20.1. The van der Waals surface area contributed by atoms with Crippen molar-refractivity contribution in [3.63, 3.8) is 0 Å². The largest absolute Gasteiger partial charge is 0.494 e. The van der Waals surface area contributed by atoms with Crippen molar-refractivity contribution in [3.8, 4) is 17.1 Å². The van der Waals surface area contributed by atoms with Crippen LogP contribution < -0.4 is 9.64 Å². The molecule has 128 valence electrons. The topological polar surface area (TPSA) is 64.0 Å². The fourth-order valence-electron chi connectivity index (χ4n) is 3.20. The Morgan fingerprint density at radius 1 is 1.12 bits per heavy atom. The second-order valence-corrected chi connectivity index (χ2v) is 6.41. The molecular formula is C18H18ClN5O. The first-order valence-corrected chi connectivity index (χ1v) is 8.70. The Labute approximate surface area is 150 Å². The van der Waals surface area contributed by atoms with E-state index in [1.54, 1.807) is 31.8 Å². The molecule has 0 spiro atoms. The van der Waals surface area contributed by atoms with Gasteiger partial charge in [-0.25, -0.2) is 15.0 Å². The highest BCUT2D eigenvalue weighted by atomic mass is 35.5. The van der Waals surface area contributed by atoms with Crippen LogP contribution in [0.1, 0.15) is 19.3 Å². The number of fused-ring (bicyclic) bond motifs is 1. The van der Waals surface area contributed by atoms with Gasteiger partial charge in [0.05, 0.1) is 30.4 Å². The van der Waals surface area contributed by atoms with Crippen LogP contribution in [-0.4, -0.2) is 40.1 Å². The second kappa shape index (κ2) is 6.80. The van der Waals surface area contributed by atoms with Gasteiger partial charge in [0.15, 0.2) is 5.82 Å². The number of nitrogens with zero attached hydrogens (tertiary/aromatic N) is 5. The molecule has 0 bridgehead atoms. The Kier molecular flexibility index (Phi) is 4.36. The summed E-state index contributed by atoms with van der Waals surface area (Å²) in [6.45, 7) is 1.96. The molecule has 0 radical (unpaired) electrons. The normalized spacial score (nSPS) is 14.7. The summed E-state index contributed by atoms with van der Waals surface area (Å²) in [5.41, 5.74) is 1.60. The third kappa shape index (κ3) is 3.09. The van der Waals surface area contributed by atoms with Crippen molar-refractivity contribution in [2.75, 3.05) is 25.1 Å². The van der Waals surface area contributed by atoms with E-state index < -0.39 is 0 Å². The van der Waals surface area contributed by atoms with Crippen molar-refractivity contribution < 1.29 is 4.74 Å². The zero-order valence-corrected chi connectivity index (χ0v) is 14.7. The lowest BCUT2D eigenvalue weighted by Gasteiger charge is -2.29. The van der Waals surface area contributed by atoms with Gasteiger partial charge in [-0.3, -0.25) is 4.98 Å². The second-order valence-electron chi connectivity index (χ2n) is 6.02. The van der Waals surface area contributed by atoms with E-state index in [0.717, 1.165) is 48.2 Å². The van der Waals surface area contributed by atoms with E-state index in [1.165, 1.54) is 6.42 Å². The minimum Gasteiger partial charge on any atom is -0.494 e. The first kappa shape index (κ1) is 16.0. The van der Waals surface area contributed by atoms with Gasteiger partial charge in [-0.15, -0.1) is 0 Å². The molecule has 7 heteroatoms. The lowest BCUT2D eigenvalue weighted by molar-refractivity contribution is 0.417. The minimum absolute atomic E-state index is 0.421. The van der Waals surface area contributed by atoms with E-state index in [0.29, 0.717) is 16.7 Å². The lowest BCUT2D eigenvalue weighted by Crippen LogP contribution is -2.30. The SMILES string of the molecule is COc1cncc2nc(-c3ccnc(Cl)c3)nc(N3CCCCC3)c12. The average molecular weight is 356 g/mol. The number of halogens is 1. The van der Waals surface area contributed by atoms with Crippen molar-refractivity contribution in [2.24, 2.45) is 0 Å². The van der Waals surface area contributed by atoms with Crippen molar-refractivity contribution in [2.45, 2.75) is 19.3 Å². The summed E-state index contributed by atoms with van der Waals surface area (Å²) in [7, 11) is 1.65. The van der Waals surface area contributed by atoms with Gasteiger partial charge in [0.25, 0.3) is 0 Å². The molecule has 1 aliphatic heterocycles. The van der Waals surface area contributed by atoms with E-state index in [2.05, 4.69) is 19.9 Å². The van der Waals surface area contributed by atoms with Crippen LogP contribution in [0.3, 0.4) is 0 Å². The zero-order valence-electron chi connectivity index (χ0n) is 13.9. The van der Waals surface area contributed by atoms with Crippen LogP contribution in [0.4, 0.5) is 5.82 Å². The molecule has 4 rings (SSSR count). The molecule has 0 aliphatic carbocycles. The summed E-state index contributed by atoms with van der Waals surface area (Å²) in [6, 6.07) is 3.64. The standard InChI is InChI=1S/C18H18ClN5O/c1-25-14-11-20-10-13-16(14)18(24-7-3-2-4-8-24)23-17(22-13)12-5-6-21-15(19)9-12/h5-6,9-11H,2-4,7-8H2,1H3. The van der Waals surface area contributed by atoms with Crippen LogP contribution in [0.5, 0.6) is 5.75 Å². The number of ether oxygens (including phenoxy) is 1. The predicted molar refractivity (Wildman–Crippen MR) is 98.2 cm³/mol. The van der Waals surface area contributed by atoms with Crippen LogP contribution in [0.2, 0.25) is 5.15 Å². The molecule has 0 saturated carbocycles. The van der Waals surface area contributed by atoms with Gasteiger partial charge in [-0.1, -0.05) is 11.6 Å². The Morgan fingerprint density at radius 3 is 2.72 bits per heavy atom. The molecule has 3 aromatic rings. The van der Waals surface area contributed by atoms with E-state index in [9.17, 15) is 0 Å². The Balaban J connectivity index is 1.94. The predicted octanol–water partition coefficient (Wildman–Crippen LogP) is 3.74. The number of aromatic nitrogens is 4. The molecule has 0 N–H and O–H groups in total. The van der Waals surface area contributed by atoms with Crippen LogP contribution in [-0.2, 0) is 0 Å². The molecule has 0 amide bonds. The molecule has 0 atom stereocenters. The molecule has 1 fully saturated rings. The number of piperidine rings is 1. The number of hydrogen-bond donors (Lipinski definition) is 0. The van der Waals surface area contributed by atoms with Crippen LogP contribution in [0.25, 0.3) is 22.3 Å². The monoisotopic (exact) mass is 355 g/mol. The van der Waals surface area contributed by atoms with Gasteiger partial charge in [-0.05, 0) is 31.4 Å². The van der Waals surface area contributed by atoms with Crippen LogP contribution in [0.15, 0.2) is 30.7 Å². The summed E-state index contributed by atoms with van der Waals surface area (Å²) in [6.07, 6.45) is 8.70. The fraction of sp³-hybridized carbons (Fsp3) is 0.333. The van der Waals surface area contributed by atoms with Gasteiger partial charge < -0.3 is 9.64 Å². The lowest BCUT2D eigenvalue weighted by atomic mass is 10.1. The molecule has 1 aliphatic rings. The van der Waals surface area contributed by atoms with Crippen molar-refractivity contribution in [3.05, 3.63) is 35.9 Å². The van der Waals surface area contributed by atoms with Gasteiger partial charge in [0.1, 0.15) is 16.7 Å². The van der Waals surface area contributed by atoms with Gasteiger partial charge in [0, 0.05) is 24.8 Å². The fourth-order valence-corrected chi connectivity index (χ4v) is 3.37. The van der Waals surface area contributed by atoms with E-state index in [4.69, 9.17) is 21.3 Å². The quantitative estimate of drug-likeness (QED) is 0.667. The first-order chi connectivity index (χ1) is 12.3. The van der Waals surface area contributed by atoms with Crippen molar-refractivity contribution in [1.82, 2.24) is 19.9 Å². The maximum atomic E-state index is 6.04. The zero-order chi connectivity index (χ0) is 17.2. The molecule has 0 unspecified atom stereocenters. The summed E-state index contributed by atoms with van der Waals surface area (Å²) < 4.78 is 5.52. The third-order valence-corrected chi connectivity index (χ3v) is 4.62. The van der Waals surface area contributed by atoms with Crippen molar-refractivity contribution in [1.29, 1.82) is 0 Å². The molecule has 1 saturated heterocycles. The van der Waals surface area contributed by atoms with Gasteiger partial charge in [-0.2, -0.15) is 0 Å². The Bertz CT molecular complexity index is 911. The molecule has 4 heterocycles. The average Bonchev–Trinajstić information content (AvgIpc) is 2.67. The number of methoxy groups -OCH3 is 1. The smallest absolute Gasteiger partial charge is 0.162 e. The van der Waals surface area contributed by atoms with Crippen LogP contribution in [0, 0.1) is 0 Å². The molecule has 6 nitrogen and oxygen atoms in total. The van der Waals surface area contributed by atoms with Crippen molar-refractivity contribution >= 4 is 28.3 Å². The van der Waals surface area contributed by atoms with E-state index in [1.807, 2.05) is 6.07 Å². The number of pyridine rings is 2. The summed E-state index contributed by atoms with van der Waals surface area (Å²) in [5.74, 6) is 2.21. The molecule has 0 aromatic carbocycles. The van der Waals surface area contributed by atoms with E-state index in [-0.39, 0.29) is 0 Å². The van der Waals surface area contributed by atoms with Gasteiger partial charge in [0.2, 0.25) is 0 Å². The molecule has 25 heavy (non-hydrogen) atoms. The maximum absolute atomic E-state index is 6.04. The molecular weight excluding hydrogens is 338 g/mol. The number of rotatable bonds is 3. The van der Waals surface area contributed by atoms with Gasteiger partial charge >= 0.3 is 0 Å².